The van der Waals surface area contributed by atoms with Crippen LogP contribution in [0.2, 0.25) is 0 Å². The number of benzene rings is 2. The molecule has 3 rings (SSSR count). The molecule has 0 spiro atoms. The summed E-state index contributed by atoms with van der Waals surface area (Å²) < 4.78 is 46.7. The summed E-state index contributed by atoms with van der Waals surface area (Å²) in [4.78, 5) is 13.5. The largest absolute Gasteiger partial charge is 0.491 e. The summed E-state index contributed by atoms with van der Waals surface area (Å²) in [7, 11) is -3.95. The van der Waals surface area contributed by atoms with Crippen LogP contribution in [0.25, 0.3) is 0 Å². The number of carbonyl (C=O) groups is 1. The first-order valence-electron chi connectivity index (χ1n) is 8.74. The van der Waals surface area contributed by atoms with E-state index in [1.165, 1.54) is 12.1 Å². The number of hydrogen-bond acceptors (Lipinski definition) is 4. The molecule has 0 aromatic heterocycles. The van der Waals surface area contributed by atoms with E-state index in [-0.39, 0.29) is 23.2 Å². The van der Waals surface area contributed by atoms with Gasteiger partial charge in [-0.05, 0) is 62.2 Å². The first kappa shape index (κ1) is 19.2. The third-order valence-corrected chi connectivity index (χ3v) is 5.74. The van der Waals surface area contributed by atoms with Gasteiger partial charge in [-0.2, -0.15) is 0 Å². The lowest BCUT2D eigenvalue weighted by molar-refractivity contribution is -0.118. The van der Waals surface area contributed by atoms with Crippen molar-refractivity contribution in [2.45, 2.75) is 31.6 Å². The predicted molar refractivity (Wildman–Crippen MR) is 101 cm³/mol. The number of fused-ring (bicyclic) bond motifs is 1. The molecule has 8 heteroatoms. The van der Waals surface area contributed by atoms with Crippen molar-refractivity contribution in [3.05, 3.63) is 47.8 Å². The molecule has 0 aliphatic carbocycles. The summed E-state index contributed by atoms with van der Waals surface area (Å²) in [5.74, 6) is -0.667. The van der Waals surface area contributed by atoms with E-state index in [4.69, 9.17) is 4.74 Å². The highest BCUT2D eigenvalue weighted by Crippen LogP contribution is 2.31. The maximum absolute atomic E-state index is 14.0. The zero-order chi connectivity index (χ0) is 19.6. The highest BCUT2D eigenvalue weighted by Gasteiger charge is 2.24. The van der Waals surface area contributed by atoms with Crippen molar-refractivity contribution in [1.29, 1.82) is 0 Å². The maximum atomic E-state index is 14.0. The van der Waals surface area contributed by atoms with Crippen LogP contribution in [-0.4, -0.2) is 27.5 Å². The lowest BCUT2D eigenvalue weighted by Gasteiger charge is -2.28. The van der Waals surface area contributed by atoms with Crippen LogP contribution in [0.4, 0.5) is 15.8 Å². The van der Waals surface area contributed by atoms with E-state index < -0.39 is 15.8 Å². The van der Waals surface area contributed by atoms with E-state index in [0.717, 1.165) is 17.3 Å². The molecule has 2 aromatic carbocycles. The fourth-order valence-corrected chi connectivity index (χ4v) is 4.17. The molecule has 144 valence electrons. The Balaban J connectivity index is 1.86. The summed E-state index contributed by atoms with van der Waals surface area (Å²) in [5, 5.41) is 0. The molecule has 27 heavy (non-hydrogen) atoms. The van der Waals surface area contributed by atoms with E-state index in [9.17, 15) is 17.6 Å². The number of nitrogens with zero attached hydrogens (tertiary/aromatic N) is 1. The van der Waals surface area contributed by atoms with E-state index in [0.29, 0.717) is 25.1 Å². The van der Waals surface area contributed by atoms with Gasteiger partial charge in [0.1, 0.15) is 0 Å². The minimum absolute atomic E-state index is 0.00885. The van der Waals surface area contributed by atoms with Crippen LogP contribution < -0.4 is 14.4 Å². The number of aryl methyl sites for hydroxylation is 1. The Morgan fingerprint density at radius 1 is 1.15 bits per heavy atom. The van der Waals surface area contributed by atoms with Gasteiger partial charge in [0.15, 0.2) is 11.6 Å². The molecule has 1 heterocycles. The number of halogens is 1. The Morgan fingerprint density at radius 3 is 2.59 bits per heavy atom. The molecule has 0 atom stereocenters. The Morgan fingerprint density at radius 2 is 1.93 bits per heavy atom. The topological polar surface area (TPSA) is 75.7 Å². The molecule has 1 aliphatic rings. The van der Waals surface area contributed by atoms with Gasteiger partial charge >= 0.3 is 0 Å². The van der Waals surface area contributed by atoms with Crippen LogP contribution >= 0.6 is 0 Å². The predicted octanol–water partition coefficient (Wildman–Crippen LogP) is 3.32. The third-order valence-electron chi connectivity index (χ3n) is 4.36. The summed E-state index contributed by atoms with van der Waals surface area (Å²) in [6.07, 6.45) is 0.944. The first-order valence-corrected chi connectivity index (χ1v) is 10.2. The molecule has 0 fully saturated rings. The maximum Gasteiger partial charge on any atom is 0.262 e. The van der Waals surface area contributed by atoms with Crippen LogP contribution in [0.5, 0.6) is 5.75 Å². The number of hydrogen-bond donors (Lipinski definition) is 1. The molecule has 6 nitrogen and oxygen atoms in total. The minimum atomic E-state index is -3.95. The van der Waals surface area contributed by atoms with Gasteiger partial charge in [-0.25, -0.2) is 12.8 Å². The van der Waals surface area contributed by atoms with Gasteiger partial charge in [0.05, 0.1) is 11.5 Å². The fraction of sp³-hybridized carbons (Fsp3) is 0.316. The molecule has 1 amide bonds. The fourth-order valence-electron chi connectivity index (χ4n) is 3.11. The van der Waals surface area contributed by atoms with Crippen molar-refractivity contribution in [2.75, 3.05) is 22.8 Å². The van der Waals surface area contributed by atoms with Crippen molar-refractivity contribution in [1.82, 2.24) is 0 Å². The van der Waals surface area contributed by atoms with Gasteiger partial charge in [0, 0.05) is 24.3 Å². The van der Waals surface area contributed by atoms with Crippen molar-refractivity contribution >= 4 is 27.3 Å². The molecule has 0 unspecified atom stereocenters. The summed E-state index contributed by atoms with van der Waals surface area (Å²) in [5.41, 5.74) is 2.06. The van der Waals surface area contributed by atoms with E-state index in [2.05, 4.69) is 4.72 Å². The second kappa shape index (κ2) is 7.56. The van der Waals surface area contributed by atoms with Gasteiger partial charge in [0.25, 0.3) is 10.0 Å². The summed E-state index contributed by atoms with van der Waals surface area (Å²) in [6.45, 7) is 4.45. The number of ether oxygens (including phenoxy) is 1. The van der Waals surface area contributed by atoms with Crippen LogP contribution in [0, 0.1) is 5.82 Å². The summed E-state index contributed by atoms with van der Waals surface area (Å²) in [6, 6.07) is 8.57. The van der Waals surface area contributed by atoms with Gasteiger partial charge in [-0.15, -0.1) is 0 Å². The molecule has 1 aliphatic heterocycles. The Labute approximate surface area is 158 Å². The second-order valence-corrected chi connectivity index (χ2v) is 7.79. The van der Waals surface area contributed by atoms with Gasteiger partial charge < -0.3 is 9.64 Å². The van der Waals surface area contributed by atoms with E-state index in [1.54, 1.807) is 30.0 Å². The number of amides is 1. The molecular formula is C19H21FN2O4S. The monoisotopic (exact) mass is 392 g/mol. The van der Waals surface area contributed by atoms with Crippen molar-refractivity contribution < 1.29 is 22.3 Å². The average molecular weight is 392 g/mol. The third kappa shape index (κ3) is 3.90. The molecule has 1 N–H and O–H groups in total. The van der Waals surface area contributed by atoms with Crippen molar-refractivity contribution in [3.8, 4) is 5.75 Å². The summed E-state index contributed by atoms with van der Waals surface area (Å²) >= 11 is 0. The number of nitrogens with one attached hydrogen (secondary N) is 1. The molecule has 0 saturated heterocycles. The number of rotatable bonds is 6. The number of sulfonamides is 1. The smallest absolute Gasteiger partial charge is 0.262 e. The van der Waals surface area contributed by atoms with Crippen molar-refractivity contribution in [3.63, 3.8) is 0 Å². The minimum Gasteiger partial charge on any atom is -0.491 e. The zero-order valence-corrected chi connectivity index (χ0v) is 16.0. The standard InChI is InChI=1S/C19H21FN2O4S/c1-3-22-17-8-6-14(11-13(17)5-10-19(22)23)21-27(24,25)15-7-9-18(26-4-2)16(20)12-15/h6-9,11-12,21H,3-5,10H2,1-2H3. The molecule has 0 radical (unpaired) electrons. The lowest BCUT2D eigenvalue weighted by atomic mass is 10.0. The lowest BCUT2D eigenvalue weighted by Crippen LogP contribution is -2.34. The van der Waals surface area contributed by atoms with E-state index >= 15 is 0 Å². The van der Waals surface area contributed by atoms with Crippen molar-refractivity contribution in [2.24, 2.45) is 0 Å². The highest BCUT2D eigenvalue weighted by molar-refractivity contribution is 7.92. The van der Waals surface area contributed by atoms with E-state index in [1.807, 2.05) is 6.92 Å². The van der Waals surface area contributed by atoms with Crippen LogP contribution in [0.15, 0.2) is 41.3 Å². The zero-order valence-electron chi connectivity index (χ0n) is 15.2. The first-order chi connectivity index (χ1) is 12.9. The SMILES string of the molecule is CCOc1ccc(S(=O)(=O)Nc2ccc3c(c2)CCC(=O)N3CC)cc1F. The van der Waals surface area contributed by atoms with Crippen LogP contribution in [-0.2, 0) is 21.2 Å². The highest BCUT2D eigenvalue weighted by atomic mass is 32.2. The van der Waals surface area contributed by atoms with Crippen LogP contribution in [0.1, 0.15) is 25.8 Å². The Kier molecular flexibility index (Phi) is 5.36. The second-order valence-electron chi connectivity index (χ2n) is 6.11. The Hall–Kier alpha value is -2.61. The number of anilines is 2. The molecule has 0 saturated carbocycles. The molecule has 2 aromatic rings. The van der Waals surface area contributed by atoms with Gasteiger partial charge in [0.2, 0.25) is 5.91 Å². The Bertz CT molecular complexity index is 976. The average Bonchev–Trinajstić information content (AvgIpc) is 2.63. The molecule has 0 bridgehead atoms. The van der Waals surface area contributed by atoms with Gasteiger partial charge in [-0.1, -0.05) is 0 Å². The quantitative estimate of drug-likeness (QED) is 0.818. The van der Waals surface area contributed by atoms with Crippen LogP contribution in [0.3, 0.4) is 0 Å². The van der Waals surface area contributed by atoms with Gasteiger partial charge in [-0.3, -0.25) is 9.52 Å². The normalized spacial score (nSPS) is 14.0. The molecular weight excluding hydrogens is 371 g/mol. The number of carbonyl (C=O) groups excluding carboxylic acids is 1.